The van der Waals surface area contributed by atoms with Gasteiger partial charge in [-0.15, -0.1) is 0 Å². The molecular weight excluding hydrogens is 616 g/mol. The van der Waals surface area contributed by atoms with Crippen molar-refractivity contribution in [2.45, 2.75) is 183 Å². The number of ketones is 2. The van der Waals surface area contributed by atoms with Gasteiger partial charge in [0.05, 0.1) is 47.3 Å². The number of rotatable bonds is 8. The van der Waals surface area contributed by atoms with Gasteiger partial charge in [0.2, 0.25) is 0 Å². The molecule has 5 saturated heterocycles. The number of carbonyl (C=O) groups excluding carboxylic acids is 2. The highest BCUT2D eigenvalue weighted by atomic mass is 16.7. The third-order valence-electron chi connectivity index (χ3n) is 13.9. The number of unbranched alkanes of at least 4 members (excludes halogenated alkanes) is 4. The lowest BCUT2D eigenvalue weighted by Crippen LogP contribution is -2.76. The van der Waals surface area contributed by atoms with Gasteiger partial charge >= 0.3 is 0 Å². The Hall–Kier alpha value is -1.66. The zero-order chi connectivity index (χ0) is 33.8. The predicted molar refractivity (Wildman–Crippen MR) is 171 cm³/mol. The molecule has 10 aliphatic rings. The quantitative estimate of drug-likeness (QED) is 0.288. The minimum absolute atomic E-state index is 0.0488. The van der Waals surface area contributed by atoms with Crippen LogP contribution in [-0.4, -0.2) is 99.1 Å². The van der Waals surface area contributed by atoms with Crippen LogP contribution in [0.5, 0.6) is 0 Å². The van der Waals surface area contributed by atoms with Crippen molar-refractivity contribution in [3.63, 3.8) is 0 Å². The number of aliphatic hydroxyl groups excluding tert-OH is 2. The Bertz CT molecular complexity index is 1500. The van der Waals surface area contributed by atoms with Gasteiger partial charge in [0, 0.05) is 35.8 Å². The van der Waals surface area contributed by atoms with Crippen molar-refractivity contribution >= 4 is 11.6 Å². The summed E-state index contributed by atoms with van der Waals surface area (Å²) in [7, 11) is 0. The molecule has 0 aromatic carbocycles. The van der Waals surface area contributed by atoms with E-state index in [1.54, 1.807) is 6.26 Å². The summed E-state index contributed by atoms with van der Waals surface area (Å²) in [4.78, 5) is 30.1. The fourth-order valence-electron chi connectivity index (χ4n) is 11.2. The molecule has 2 N–H and O–H groups in total. The van der Waals surface area contributed by atoms with Crippen molar-refractivity contribution in [1.82, 2.24) is 0 Å². The zero-order valence-corrected chi connectivity index (χ0v) is 29.2. The SMILES string of the molecule is CCCCC[C@@H]1O[C@H]2C3=C(C(=O)[C@@H]4O[C@@]45C[C@H](O)C(C)(C)O[C@@H]35)C1[C@H]1[C@H](CCCCC)OC=C3[C@@H]4OC(C)(C)[C@@H](O)C[C@@]45O[C@H]5C(=O)[C@]321. The molecule has 2 bridgehead atoms. The summed E-state index contributed by atoms with van der Waals surface area (Å²) in [6, 6.07) is 0. The van der Waals surface area contributed by atoms with Crippen molar-refractivity contribution in [2.24, 2.45) is 17.3 Å². The summed E-state index contributed by atoms with van der Waals surface area (Å²) < 4.78 is 40.3. The molecule has 0 amide bonds. The van der Waals surface area contributed by atoms with Crippen LogP contribution in [0.3, 0.4) is 0 Å². The summed E-state index contributed by atoms with van der Waals surface area (Å²) in [5, 5.41) is 22.3. The van der Waals surface area contributed by atoms with Gasteiger partial charge < -0.3 is 38.6 Å². The van der Waals surface area contributed by atoms with E-state index in [4.69, 9.17) is 28.4 Å². The lowest BCUT2D eigenvalue weighted by molar-refractivity contribution is -0.246. The minimum atomic E-state index is -1.19. The van der Waals surface area contributed by atoms with Crippen LogP contribution in [0.15, 0.2) is 23.0 Å². The molecule has 48 heavy (non-hydrogen) atoms. The highest BCUT2D eigenvalue weighted by Gasteiger charge is 2.86. The second-order valence-corrected chi connectivity index (χ2v) is 17.4. The van der Waals surface area contributed by atoms with Crippen LogP contribution in [0, 0.1) is 17.3 Å². The van der Waals surface area contributed by atoms with Crippen LogP contribution in [0.4, 0.5) is 0 Å². The van der Waals surface area contributed by atoms with Gasteiger partial charge in [-0.1, -0.05) is 46.0 Å². The monoisotopic (exact) mass is 668 g/mol. The fraction of sp³-hybridized carbons (Fsp3) is 0.842. The molecule has 7 heterocycles. The number of ether oxygens (including phenoxy) is 6. The van der Waals surface area contributed by atoms with Crippen LogP contribution in [0.25, 0.3) is 0 Å². The van der Waals surface area contributed by atoms with E-state index in [1.165, 1.54) is 0 Å². The maximum atomic E-state index is 15.4. The van der Waals surface area contributed by atoms with E-state index in [9.17, 15) is 15.0 Å². The Morgan fingerprint density at radius 2 is 1.31 bits per heavy atom. The normalized spacial score (nSPS) is 51.2. The van der Waals surface area contributed by atoms with Crippen molar-refractivity contribution < 1.29 is 48.2 Å². The van der Waals surface area contributed by atoms with Crippen molar-refractivity contribution in [2.75, 3.05) is 0 Å². The molecule has 14 atom stereocenters. The first-order valence-corrected chi connectivity index (χ1v) is 18.7. The van der Waals surface area contributed by atoms with E-state index in [2.05, 4.69) is 13.8 Å². The number of aliphatic hydroxyl groups is 2. The smallest absolute Gasteiger partial charge is 0.191 e. The standard InChI is InChI=1S/C38H52O10/c1-7-9-11-13-19-23-24-25(30-37(32(47-37)27(24)41)16-22(40)35(5,6)46-30)31(44-19)38-18(17-43-20(26(23)38)14-12-10-8-2)29-36(33(48-36)28(38)42)15-21(39)34(3,4)45-29/h17,19-23,26,29-33,39-40H,7-16H2,1-6H3/t19-,20-,21-,22-,23?,26+,29-,30-,31-,32-,33-,36+,37+,38+/m0/s1. The Balaban J connectivity index is 1.25. The van der Waals surface area contributed by atoms with Crippen molar-refractivity contribution in [1.29, 1.82) is 0 Å². The van der Waals surface area contributed by atoms with E-state index >= 15 is 4.79 Å². The van der Waals surface area contributed by atoms with E-state index in [0.29, 0.717) is 11.1 Å². The number of carbonyl (C=O) groups is 2. The van der Waals surface area contributed by atoms with Gasteiger partial charge in [-0.25, -0.2) is 0 Å². The summed E-state index contributed by atoms with van der Waals surface area (Å²) in [6.45, 7) is 11.9. The molecule has 0 aromatic heterocycles. The molecule has 3 spiro atoms. The number of fused-ring (bicyclic) bond motifs is 2. The van der Waals surface area contributed by atoms with E-state index in [1.807, 2.05) is 27.7 Å². The molecule has 7 aliphatic heterocycles. The maximum Gasteiger partial charge on any atom is 0.191 e. The molecule has 3 aliphatic carbocycles. The molecule has 0 aromatic rings. The minimum Gasteiger partial charge on any atom is -0.498 e. The van der Waals surface area contributed by atoms with Crippen molar-refractivity contribution in [3.8, 4) is 0 Å². The average molecular weight is 669 g/mol. The lowest BCUT2D eigenvalue weighted by Gasteiger charge is -2.66. The third kappa shape index (κ3) is 3.84. The molecular formula is C38H52O10. The largest absolute Gasteiger partial charge is 0.498 e. The van der Waals surface area contributed by atoms with Gasteiger partial charge in [0.15, 0.2) is 17.7 Å². The summed E-state index contributed by atoms with van der Waals surface area (Å²) >= 11 is 0. The first-order chi connectivity index (χ1) is 22.8. The number of hydrogen-bond acceptors (Lipinski definition) is 10. The second kappa shape index (κ2) is 10.2. The molecule has 1 unspecified atom stereocenters. The van der Waals surface area contributed by atoms with Gasteiger partial charge in [-0.05, 0) is 52.5 Å². The topological polar surface area (TPSA) is 137 Å². The van der Waals surface area contributed by atoms with E-state index in [-0.39, 0.29) is 42.5 Å². The number of hydrogen-bond donors (Lipinski definition) is 2. The third-order valence-corrected chi connectivity index (χ3v) is 13.9. The molecule has 6 fully saturated rings. The van der Waals surface area contributed by atoms with E-state index < -0.39 is 76.5 Å². The van der Waals surface area contributed by atoms with Gasteiger partial charge in [0.25, 0.3) is 0 Å². The zero-order valence-electron chi connectivity index (χ0n) is 29.2. The summed E-state index contributed by atoms with van der Waals surface area (Å²) in [6.07, 6.45) is 4.29. The lowest BCUT2D eigenvalue weighted by atomic mass is 9.43. The van der Waals surface area contributed by atoms with Crippen LogP contribution >= 0.6 is 0 Å². The Kier molecular flexibility index (Phi) is 6.88. The van der Waals surface area contributed by atoms with E-state index in [0.717, 1.165) is 56.9 Å². The van der Waals surface area contributed by atoms with Crippen LogP contribution in [0.2, 0.25) is 0 Å². The molecule has 0 radical (unpaired) electrons. The number of Topliss-reactive ketones (excluding diaryl/α,β-unsaturated/α-hetero) is 2. The Morgan fingerprint density at radius 3 is 1.96 bits per heavy atom. The Labute approximate surface area is 282 Å². The fourth-order valence-corrected chi connectivity index (χ4v) is 11.2. The molecule has 10 nitrogen and oxygen atoms in total. The Morgan fingerprint density at radius 1 is 0.729 bits per heavy atom. The molecule has 1 saturated carbocycles. The molecule has 10 rings (SSSR count). The second-order valence-electron chi connectivity index (χ2n) is 17.4. The summed E-state index contributed by atoms with van der Waals surface area (Å²) in [5.74, 6) is -0.863. The predicted octanol–water partition coefficient (Wildman–Crippen LogP) is 4.02. The molecule has 264 valence electrons. The van der Waals surface area contributed by atoms with Crippen LogP contribution < -0.4 is 0 Å². The van der Waals surface area contributed by atoms with Gasteiger partial charge in [-0.3, -0.25) is 9.59 Å². The van der Waals surface area contributed by atoms with Crippen LogP contribution in [-0.2, 0) is 38.0 Å². The summed E-state index contributed by atoms with van der Waals surface area (Å²) in [5.41, 5.74) is -2.75. The van der Waals surface area contributed by atoms with Crippen LogP contribution in [0.1, 0.15) is 106 Å². The highest BCUT2D eigenvalue weighted by Crippen LogP contribution is 2.73. The van der Waals surface area contributed by atoms with Crippen molar-refractivity contribution in [3.05, 3.63) is 23.0 Å². The van der Waals surface area contributed by atoms with Gasteiger partial charge in [-0.2, -0.15) is 0 Å². The van der Waals surface area contributed by atoms with Gasteiger partial charge in [0.1, 0.15) is 35.6 Å². The maximum absolute atomic E-state index is 15.4. The number of epoxide rings is 2. The first-order valence-electron chi connectivity index (χ1n) is 18.7. The molecule has 10 heteroatoms. The average Bonchev–Trinajstić information content (AvgIpc) is 3.95. The highest BCUT2D eigenvalue weighted by molar-refractivity contribution is 6.07. The first kappa shape index (κ1) is 32.3.